The van der Waals surface area contributed by atoms with Crippen LogP contribution in [-0.2, 0) is 16.6 Å². The summed E-state index contributed by atoms with van der Waals surface area (Å²) in [4.78, 5) is 12.2. The summed E-state index contributed by atoms with van der Waals surface area (Å²) < 4.78 is 5.21. The largest absolute Gasteiger partial charge is 0.497 e. The van der Waals surface area contributed by atoms with Crippen LogP contribution in [0.25, 0.3) is 0 Å². The first kappa shape index (κ1) is 15.6. The van der Waals surface area contributed by atoms with Gasteiger partial charge in [-0.2, -0.15) is 0 Å². The summed E-state index contributed by atoms with van der Waals surface area (Å²) in [6.45, 7) is 2.76. The first-order valence-electron chi connectivity index (χ1n) is 8.08. The van der Waals surface area contributed by atoms with Crippen LogP contribution in [0.15, 0.2) is 48.5 Å². The van der Waals surface area contributed by atoms with Crippen LogP contribution < -0.4 is 10.1 Å². The first-order chi connectivity index (χ1) is 11.1. The Labute approximate surface area is 137 Å². The smallest absolute Gasteiger partial charge is 0.224 e. The number of ether oxygens (including phenoxy) is 1. The van der Waals surface area contributed by atoms with E-state index in [4.69, 9.17) is 4.74 Å². The Morgan fingerprint density at radius 2 is 1.91 bits per heavy atom. The lowest BCUT2D eigenvalue weighted by Crippen LogP contribution is -2.33. The number of nitrogens with one attached hydrogen (secondary N) is 1. The van der Waals surface area contributed by atoms with Gasteiger partial charge in [0.15, 0.2) is 0 Å². The molecule has 1 amide bonds. The molecule has 0 spiro atoms. The molecule has 0 aromatic heterocycles. The number of rotatable bonds is 6. The SMILES string of the molecule is COc1ccc(C2(CNC(=O)Cc3cccc(C)c3)CC2)cc1. The fourth-order valence-electron chi connectivity index (χ4n) is 3.00. The summed E-state index contributed by atoms with van der Waals surface area (Å²) in [7, 11) is 1.67. The fraction of sp³-hybridized carbons (Fsp3) is 0.350. The van der Waals surface area contributed by atoms with Crippen molar-refractivity contribution < 1.29 is 9.53 Å². The van der Waals surface area contributed by atoms with Gasteiger partial charge in [0.1, 0.15) is 5.75 Å². The molecule has 23 heavy (non-hydrogen) atoms. The molecule has 1 fully saturated rings. The highest BCUT2D eigenvalue weighted by Gasteiger charge is 2.44. The van der Waals surface area contributed by atoms with Crippen LogP contribution in [0.1, 0.15) is 29.5 Å². The van der Waals surface area contributed by atoms with Gasteiger partial charge in [-0.25, -0.2) is 0 Å². The fourth-order valence-corrected chi connectivity index (χ4v) is 3.00. The van der Waals surface area contributed by atoms with Crippen molar-refractivity contribution in [1.82, 2.24) is 5.32 Å². The zero-order valence-electron chi connectivity index (χ0n) is 13.8. The highest BCUT2D eigenvalue weighted by molar-refractivity contribution is 5.78. The molecule has 0 bridgehead atoms. The van der Waals surface area contributed by atoms with E-state index in [0.717, 1.165) is 24.2 Å². The maximum Gasteiger partial charge on any atom is 0.224 e. The van der Waals surface area contributed by atoms with Crippen molar-refractivity contribution in [2.24, 2.45) is 0 Å². The van der Waals surface area contributed by atoms with E-state index in [1.807, 2.05) is 37.3 Å². The van der Waals surface area contributed by atoms with Crippen molar-refractivity contribution in [3.05, 3.63) is 65.2 Å². The molecule has 3 rings (SSSR count). The molecule has 2 aromatic carbocycles. The average Bonchev–Trinajstić information content (AvgIpc) is 3.34. The van der Waals surface area contributed by atoms with E-state index in [1.165, 1.54) is 11.1 Å². The second kappa shape index (κ2) is 6.45. The van der Waals surface area contributed by atoms with E-state index >= 15 is 0 Å². The van der Waals surface area contributed by atoms with Gasteiger partial charge >= 0.3 is 0 Å². The lowest BCUT2D eigenvalue weighted by atomic mass is 9.95. The topological polar surface area (TPSA) is 38.3 Å². The van der Waals surface area contributed by atoms with Gasteiger partial charge in [-0.15, -0.1) is 0 Å². The molecular weight excluding hydrogens is 286 g/mol. The molecule has 3 heteroatoms. The number of hydrogen-bond acceptors (Lipinski definition) is 2. The van der Waals surface area contributed by atoms with E-state index in [2.05, 4.69) is 23.5 Å². The molecule has 120 valence electrons. The summed E-state index contributed by atoms with van der Waals surface area (Å²) in [6.07, 6.45) is 2.70. The number of benzene rings is 2. The van der Waals surface area contributed by atoms with Gasteiger partial charge in [0.25, 0.3) is 0 Å². The van der Waals surface area contributed by atoms with E-state index in [9.17, 15) is 4.79 Å². The average molecular weight is 309 g/mol. The van der Waals surface area contributed by atoms with E-state index < -0.39 is 0 Å². The minimum Gasteiger partial charge on any atom is -0.497 e. The molecule has 0 aliphatic heterocycles. The monoisotopic (exact) mass is 309 g/mol. The Morgan fingerprint density at radius 3 is 2.52 bits per heavy atom. The molecular formula is C20H23NO2. The third-order valence-electron chi connectivity index (χ3n) is 4.63. The lowest BCUT2D eigenvalue weighted by Gasteiger charge is -2.17. The normalized spacial score (nSPS) is 15.0. The van der Waals surface area contributed by atoms with Crippen molar-refractivity contribution >= 4 is 5.91 Å². The summed E-state index contributed by atoms with van der Waals surface area (Å²) in [5, 5.41) is 3.11. The van der Waals surface area contributed by atoms with Crippen molar-refractivity contribution in [2.45, 2.75) is 31.6 Å². The van der Waals surface area contributed by atoms with Gasteiger partial charge in [0.2, 0.25) is 5.91 Å². The highest BCUT2D eigenvalue weighted by Crippen LogP contribution is 2.47. The maximum atomic E-state index is 12.2. The molecule has 0 heterocycles. The van der Waals surface area contributed by atoms with E-state index in [-0.39, 0.29) is 11.3 Å². The Hall–Kier alpha value is -2.29. The molecule has 1 saturated carbocycles. The van der Waals surface area contributed by atoms with Gasteiger partial charge in [0.05, 0.1) is 13.5 Å². The maximum absolute atomic E-state index is 12.2. The highest BCUT2D eigenvalue weighted by atomic mass is 16.5. The Balaban J connectivity index is 1.57. The van der Waals surface area contributed by atoms with Gasteiger partial charge in [-0.3, -0.25) is 4.79 Å². The molecule has 1 aliphatic rings. The van der Waals surface area contributed by atoms with Crippen LogP contribution in [0.5, 0.6) is 5.75 Å². The third kappa shape index (κ3) is 3.73. The first-order valence-corrected chi connectivity index (χ1v) is 8.08. The Morgan fingerprint density at radius 1 is 1.17 bits per heavy atom. The molecule has 0 saturated heterocycles. The van der Waals surface area contributed by atoms with Crippen molar-refractivity contribution in [3.63, 3.8) is 0 Å². The second-order valence-electron chi connectivity index (χ2n) is 6.45. The summed E-state index contributed by atoms with van der Waals surface area (Å²) in [5.41, 5.74) is 3.66. The molecule has 2 aromatic rings. The molecule has 0 atom stereocenters. The number of hydrogen-bond donors (Lipinski definition) is 1. The Bertz CT molecular complexity index is 687. The molecule has 0 unspecified atom stereocenters. The quantitative estimate of drug-likeness (QED) is 0.888. The summed E-state index contributed by atoms with van der Waals surface area (Å²) in [5.74, 6) is 0.961. The van der Waals surface area contributed by atoms with Crippen molar-refractivity contribution in [3.8, 4) is 5.75 Å². The minimum atomic E-state index is 0.0930. The molecule has 3 nitrogen and oxygen atoms in total. The predicted octanol–water partition coefficient (Wildman–Crippen LogP) is 3.39. The van der Waals surface area contributed by atoms with Crippen LogP contribution in [0, 0.1) is 6.92 Å². The van der Waals surface area contributed by atoms with Crippen LogP contribution >= 0.6 is 0 Å². The van der Waals surface area contributed by atoms with Crippen LogP contribution in [0.4, 0.5) is 0 Å². The summed E-state index contributed by atoms with van der Waals surface area (Å²) in [6, 6.07) is 16.3. The molecule has 1 aliphatic carbocycles. The van der Waals surface area contributed by atoms with Gasteiger partial charge in [0, 0.05) is 12.0 Å². The zero-order chi connectivity index (χ0) is 16.3. The zero-order valence-corrected chi connectivity index (χ0v) is 13.8. The standard InChI is InChI=1S/C20H23NO2/c1-15-4-3-5-16(12-15)13-19(22)21-14-20(10-11-20)17-6-8-18(23-2)9-7-17/h3-9,12H,10-11,13-14H2,1-2H3,(H,21,22). The van der Waals surface area contributed by atoms with Crippen LogP contribution in [0.3, 0.4) is 0 Å². The Kier molecular flexibility index (Phi) is 4.37. The third-order valence-corrected chi connectivity index (χ3v) is 4.63. The second-order valence-corrected chi connectivity index (χ2v) is 6.45. The van der Waals surface area contributed by atoms with Gasteiger partial charge < -0.3 is 10.1 Å². The number of carbonyl (C=O) groups excluding carboxylic acids is 1. The lowest BCUT2D eigenvalue weighted by molar-refractivity contribution is -0.120. The number of carbonyl (C=O) groups is 1. The van der Waals surface area contributed by atoms with Gasteiger partial charge in [-0.1, -0.05) is 42.0 Å². The van der Waals surface area contributed by atoms with E-state index in [0.29, 0.717) is 13.0 Å². The summed E-state index contributed by atoms with van der Waals surface area (Å²) >= 11 is 0. The number of amides is 1. The van der Waals surface area contributed by atoms with Gasteiger partial charge in [-0.05, 0) is 43.0 Å². The van der Waals surface area contributed by atoms with E-state index in [1.54, 1.807) is 7.11 Å². The predicted molar refractivity (Wildman–Crippen MR) is 91.8 cm³/mol. The molecule has 0 radical (unpaired) electrons. The molecule has 1 N–H and O–H groups in total. The minimum absolute atomic E-state index is 0.0930. The number of aryl methyl sites for hydroxylation is 1. The van der Waals surface area contributed by atoms with Crippen LogP contribution in [0.2, 0.25) is 0 Å². The van der Waals surface area contributed by atoms with Crippen LogP contribution in [-0.4, -0.2) is 19.6 Å². The van der Waals surface area contributed by atoms with Crippen molar-refractivity contribution in [2.75, 3.05) is 13.7 Å². The number of methoxy groups -OCH3 is 1. The van der Waals surface area contributed by atoms with Crippen molar-refractivity contribution in [1.29, 1.82) is 0 Å².